The van der Waals surface area contributed by atoms with Gasteiger partial charge in [0.1, 0.15) is 5.82 Å². The number of carbonyl (C=O) groups is 1. The summed E-state index contributed by atoms with van der Waals surface area (Å²) < 4.78 is 0. The van der Waals surface area contributed by atoms with Crippen LogP contribution in [0.3, 0.4) is 0 Å². The van der Waals surface area contributed by atoms with Crippen LogP contribution in [0.25, 0.3) is 11.1 Å². The van der Waals surface area contributed by atoms with Crippen molar-refractivity contribution in [1.82, 2.24) is 10.3 Å². The van der Waals surface area contributed by atoms with Crippen molar-refractivity contribution < 1.29 is 4.79 Å². The SMILES string of the molecule is CNC(=O)c1cnc(N)c(-c2cc(Cl)cc(Cl)c2Cl)c1. The van der Waals surface area contributed by atoms with Gasteiger partial charge in [-0.3, -0.25) is 4.79 Å². The number of rotatable bonds is 2. The summed E-state index contributed by atoms with van der Waals surface area (Å²) in [6.07, 6.45) is 1.39. The molecule has 0 fully saturated rings. The number of nitrogens with two attached hydrogens (primary N) is 1. The Bertz CT molecular complexity index is 689. The molecule has 0 saturated carbocycles. The summed E-state index contributed by atoms with van der Waals surface area (Å²) in [6, 6.07) is 4.74. The summed E-state index contributed by atoms with van der Waals surface area (Å²) in [4.78, 5) is 15.6. The Kier molecular flexibility index (Phi) is 4.38. The van der Waals surface area contributed by atoms with Crippen LogP contribution in [0.2, 0.25) is 15.1 Å². The second-order valence-electron chi connectivity index (χ2n) is 3.99. The van der Waals surface area contributed by atoms with E-state index >= 15 is 0 Å². The Morgan fingerprint density at radius 2 is 1.90 bits per heavy atom. The Morgan fingerprint density at radius 1 is 1.20 bits per heavy atom. The minimum Gasteiger partial charge on any atom is -0.383 e. The van der Waals surface area contributed by atoms with Gasteiger partial charge in [-0.25, -0.2) is 4.98 Å². The molecule has 0 aliphatic rings. The van der Waals surface area contributed by atoms with Crippen molar-refractivity contribution in [2.24, 2.45) is 0 Å². The molecule has 0 atom stereocenters. The first-order valence-corrected chi connectivity index (χ1v) is 6.70. The van der Waals surface area contributed by atoms with Crippen molar-refractivity contribution in [3.63, 3.8) is 0 Å². The van der Waals surface area contributed by atoms with Crippen molar-refractivity contribution in [3.05, 3.63) is 45.0 Å². The van der Waals surface area contributed by atoms with Crippen LogP contribution in [0.4, 0.5) is 5.82 Å². The van der Waals surface area contributed by atoms with Gasteiger partial charge in [0.2, 0.25) is 0 Å². The maximum Gasteiger partial charge on any atom is 0.252 e. The van der Waals surface area contributed by atoms with Crippen LogP contribution in [0, 0.1) is 0 Å². The first-order chi connectivity index (χ1) is 9.43. The normalized spacial score (nSPS) is 10.4. The third-order valence-electron chi connectivity index (χ3n) is 2.69. The number of nitrogens with zero attached hydrogens (tertiary/aromatic N) is 1. The van der Waals surface area contributed by atoms with Gasteiger partial charge in [0.25, 0.3) is 5.91 Å². The van der Waals surface area contributed by atoms with E-state index in [0.29, 0.717) is 31.8 Å². The van der Waals surface area contributed by atoms with Gasteiger partial charge in [0, 0.05) is 29.4 Å². The zero-order chi connectivity index (χ0) is 14.9. The average molecular weight is 331 g/mol. The van der Waals surface area contributed by atoms with Crippen LogP contribution in [-0.4, -0.2) is 17.9 Å². The number of amides is 1. The molecule has 4 nitrogen and oxygen atoms in total. The van der Waals surface area contributed by atoms with Gasteiger partial charge in [-0.15, -0.1) is 0 Å². The van der Waals surface area contributed by atoms with Gasteiger partial charge in [-0.05, 0) is 18.2 Å². The fourth-order valence-electron chi connectivity index (χ4n) is 1.71. The molecule has 0 spiro atoms. The van der Waals surface area contributed by atoms with E-state index in [1.807, 2.05) is 0 Å². The van der Waals surface area contributed by atoms with Crippen molar-refractivity contribution in [2.75, 3.05) is 12.8 Å². The van der Waals surface area contributed by atoms with Crippen molar-refractivity contribution in [2.45, 2.75) is 0 Å². The van der Waals surface area contributed by atoms with Crippen LogP contribution in [0.15, 0.2) is 24.4 Å². The lowest BCUT2D eigenvalue weighted by atomic mass is 10.0. The highest BCUT2D eigenvalue weighted by molar-refractivity contribution is 6.45. The second-order valence-corrected chi connectivity index (χ2v) is 5.21. The Morgan fingerprint density at radius 3 is 2.55 bits per heavy atom. The number of hydrogen-bond acceptors (Lipinski definition) is 3. The molecule has 1 aromatic heterocycles. The number of benzene rings is 1. The molecule has 7 heteroatoms. The van der Waals surface area contributed by atoms with Crippen LogP contribution in [0.1, 0.15) is 10.4 Å². The molecule has 1 amide bonds. The van der Waals surface area contributed by atoms with Crippen molar-refractivity contribution in [3.8, 4) is 11.1 Å². The number of halogens is 3. The van der Waals surface area contributed by atoms with Gasteiger partial charge in [-0.1, -0.05) is 34.8 Å². The van der Waals surface area contributed by atoms with E-state index in [1.165, 1.54) is 19.3 Å². The molecule has 0 radical (unpaired) electrons. The number of carbonyl (C=O) groups excluding carboxylic acids is 1. The Labute approximate surface area is 130 Å². The predicted octanol–water partition coefficient (Wildman–Crippen LogP) is 3.65. The fraction of sp³-hybridized carbons (Fsp3) is 0.0769. The number of anilines is 1. The van der Waals surface area contributed by atoms with Gasteiger partial charge in [0.05, 0.1) is 15.6 Å². The molecule has 2 rings (SSSR count). The molecule has 0 bridgehead atoms. The largest absolute Gasteiger partial charge is 0.383 e. The smallest absolute Gasteiger partial charge is 0.252 e. The predicted molar refractivity (Wildman–Crippen MR) is 82.5 cm³/mol. The maximum absolute atomic E-state index is 11.7. The van der Waals surface area contributed by atoms with Crippen LogP contribution in [0.5, 0.6) is 0 Å². The summed E-state index contributed by atoms with van der Waals surface area (Å²) in [5.74, 6) is -0.0408. The molecule has 0 aliphatic heterocycles. The van der Waals surface area contributed by atoms with Gasteiger partial charge < -0.3 is 11.1 Å². The van der Waals surface area contributed by atoms with E-state index in [2.05, 4.69) is 10.3 Å². The summed E-state index contributed by atoms with van der Waals surface area (Å²) in [7, 11) is 1.53. The van der Waals surface area contributed by atoms with E-state index in [0.717, 1.165) is 0 Å². The number of nitrogens with one attached hydrogen (secondary N) is 1. The van der Waals surface area contributed by atoms with Crippen LogP contribution < -0.4 is 11.1 Å². The Hall–Kier alpha value is -1.49. The summed E-state index contributed by atoms with van der Waals surface area (Å²) in [5, 5.41) is 3.54. The molecular weight excluding hydrogens is 321 g/mol. The van der Waals surface area contributed by atoms with Crippen molar-refractivity contribution in [1.29, 1.82) is 0 Å². The van der Waals surface area contributed by atoms with E-state index in [9.17, 15) is 4.79 Å². The lowest BCUT2D eigenvalue weighted by molar-refractivity contribution is 0.0963. The van der Waals surface area contributed by atoms with E-state index in [-0.39, 0.29) is 11.7 Å². The number of nitrogen functional groups attached to an aromatic ring is 1. The zero-order valence-corrected chi connectivity index (χ0v) is 12.6. The fourth-order valence-corrected chi connectivity index (χ4v) is 2.42. The van der Waals surface area contributed by atoms with Crippen LogP contribution in [-0.2, 0) is 0 Å². The van der Waals surface area contributed by atoms with E-state index in [4.69, 9.17) is 40.5 Å². The van der Waals surface area contributed by atoms with E-state index in [1.54, 1.807) is 12.1 Å². The molecule has 0 aliphatic carbocycles. The molecular formula is C13H10Cl3N3O. The summed E-state index contributed by atoms with van der Waals surface area (Å²) in [6.45, 7) is 0. The molecule has 0 saturated heterocycles. The molecule has 2 aromatic rings. The van der Waals surface area contributed by atoms with Gasteiger partial charge in [0.15, 0.2) is 0 Å². The molecule has 1 heterocycles. The standard InChI is InChI=1S/C13H10Cl3N3O/c1-18-13(20)6-2-9(12(17)19-5-6)8-3-7(14)4-10(15)11(8)16/h2-5H,1H3,(H2,17,19)(H,18,20). The first kappa shape index (κ1) is 14.9. The molecule has 3 N–H and O–H groups in total. The third kappa shape index (κ3) is 2.82. The lowest BCUT2D eigenvalue weighted by Crippen LogP contribution is -2.18. The lowest BCUT2D eigenvalue weighted by Gasteiger charge is -2.11. The number of pyridine rings is 1. The molecule has 20 heavy (non-hydrogen) atoms. The molecule has 104 valence electrons. The number of hydrogen-bond donors (Lipinski definition) is 2. The third-order valence-corrected chi connectivity index (χ3v) is 3.71. The first-order valence-electron chi connectivity index (χ1n) is 5.56. The second kappa shape index (κ2) is 5.87. The Balaban J connectivity index is 2.66. The average Bonchev–Trinajstić information content (AvgIpc) is 2.42. The van der Waals surface area contributed by atoms with Crippen molar-refractivity contribution >= 4 is 46.5 Å². The maximum atomic E-state index is 11.7. The highest BCUT2D eigenvalue weighted by Gasteiger charge is 2.15. The topological polar surface area (TPSA) is 68.0 Å². The monoisotopic (exact) mass is 329 g/mol. The summed E-state index contributed by atoms with van der Waals surface area (Å²) in [5.41, 5.74) is 7.24. The van der Waals surface area contributed by atoms with Gasteiger partial charge in [-0.2, -0.15) is 0 Å². The highest BCUT2D eigenvalue weighted by Crippen LogP contribution is 2.38. The minimum atomic E-state index is -0.275. The zero-order valence-electron chi connectivity index (χ0n) is 10.4. The molecule has 0 unspecified atom stereocenters. The quantitative estimate of drug-likeness (QED) is 0.826. The summed E-state index contributed by atoms with van der Waals surface area (Å²) >= 11 is 18.1. The van der Waals surface area contributed by atoms with Gasteiger partial charge >= 0.3 is 0 Å². The number of aromatic nitrogens is 1. The molecule has 1 aromatic carbocycles. The minimum absolute atomic E-state index is 0.234. The highest BCUT2D eigenvalue weighted by atomic mass is 35.5. The van der Waals surface area contributed by atoms with Crippen LogP contribution >= 0.6 is 34.8 Å². The van der Waals surface area contributed by atoms with E-state index < -0.39 is 0 Å².